The largest absolute Gasteiger partial charge is 0.348 e. The lowest BCUT2D eigenvalue weighted by Crippen LogP contribution is -2.34. The zero-order valence-electron chi connectivity index (χ0n) is 8.96. The van der Waals surface area contributed by atoms with Crippen molar-refractivity contribution in [3.63, 3.8) is 0 Å². The summed E-state index contributed by atoms with van der Waals surface area (Å²) in [6.07, 6.45) is 1.72. The first-order chi connectivity index (χ1) is 7.17. The summed E-state index contributed by atoms with van der Waals surface area (Å²) in [7, 11) is 0. The Balaban J connectivity index is 2.68. The molecule has 0 aromatic carbocycles. The van der Waals surface area contributed by atoms with Crippen LogP contribution < -0.4 is 5.32 Å². The van der Waals surface area contributed by atoms with Gasteiger partial charge in [-0.25, -0.2) is 4.98 Å². The van der Waals surface area contributed by atoms with Crippen molar-refractivity contribution in [3.8, 4) is 0 Å². The molecule has 1 aromatic heterocycles. The van der Waals surface area contributed by atoms with Crippen molar-refractivity contribution < 1.29 is 9.18 Å². The normalized spacial score (nSPS) is 10.4. The number of rotatable bonds is 4. The molecule has 4 heteroatoms. The van der Waals surface area contributed by atoms with Crippen LogP contribution in [0.4, 0.5) is 4.39 Å². The second kappa shape index (κ2) is 5.44. The average molecular weight is 210 g/mol. The van der Waals surface area contributed by atoms with E-state index in [9.17, 15) is 9.18 Å². The number of halogens is 1. The molecule has 1 rings (SSSR count). The molecule has 0 saturated heterocycles. The van der Waals surface area contributed by atoms with Gasteiger partial charge in [0, 0.05) is 6.04 Å². The van der Waals surface area contributed by atoms with E-state index in [1.807, 2.05) is 13.8 Å². The average Bonchev–Trinajstić information content (AvgIpc) is 2.25. The van der Waals surface area contributed by atoms with E-state index in [1.54, 1.807) is 0 Å². The highest BCUT2D eigenvalue weighted by Gasteiger charge is 2.11. The third kappa shape index (κ3) is 3.31. The van der Waals surface area contributed by atoms with E-state index in [1.165, 1.54) is 18.2 Å². The van der Waals surface area contributed by atoms with Gasteiger partial charge < -0.3 is 5.32 Å². The van der Waals surface area contributed by atoms with Crippen LogP contribution in [0.1, 0.15) is 37.2 Å². The Morgan fingerprint density at radius 3 is 2.67 bits per heavy atom. The maximum Gasteiger partial charge on any atom is 0.270 e. The van der Waals surface area contributed by atoms with Crippen LogP contribution in [-0.4, -0.2) is 16.9 Å². The van der Waals surface area contributed by atoms with Gasteiger partial charge in [0.25, 0.3) is 5.91 Å². The molecule has 15 heavy (non-hydrogen) atoms. The monoisotopic (exact) mass is 210 g/mol. The number of nitrogens with one attached hydrogen (secondary N) is 1. The first-order valence-corrected chi connectivity index (χ1v) is 5.10. The van der Waals surface area contributed by atoms with E-state index in [0.29, 0.717) is 0 Å². The maximum absolute atomic E-state index is 12.7. The van der Waals surface area contributed by atoms with Crippen LogP contribution in [0, 0.1) is 5.95 Å². The molecule has 0 radical (unpaired) electrons. The Hall–Kier alpha value is -1.45. The van der Waals surface area contributed by atoms with E-state index >= 15 is 0 Å². The summed E-state index contributed by atoms with van der Waals surface area (Å²) < 4.78 is 12.7. The molecular formula is C11H15FN2O. The first-order valence-electron chi connectivity index (χ1n) is 5.10. The molecule has 1 aromatic rings. The van der Waals surface area contributed by atoms with Crippen LogP contribution in [0.5, 0.6) is 0 Å². The molecule has 0 aliphatic rings. The fourth-order valence-electron chi connectivity index (χ4n) is 1.29. The lowest BCUT2D eigenvalue weighted by molar-refractivity contribution is 0.0928. The maximum atomic E-state index is 12.7. The van der Waals surface area contributed by atoms with Gasteiger partial charge in [-0.3, -0.25) is 4.79 Å². The zero-order valence-corrected chi connectivity index (χ0v) is 8.96. The van der Waals surface area contributed by atoms with Crippen LogP contribution in [0.15, 0.2) is 18.2 Å². The molecule has 0 atom stereocenters. The highest BCUT2D eigenvalue weighted by molar-refractivity contribution is 5.92. The topological polar surface area (TPSA) is 42.0 Å². The van der Waals surface area contributed by atoms with Crippen molar-refractivity contribution in [2.24, 2.45) is 0 Å². The molecule has 1 heterocycles. The van der Waals surface area contributed by atoms with E-state index < -0.39 is 5.95 Å². The summed E-state index contributed by atoms with van der Waals surface area (Å²) in [5.74, 6) is -0.949. The standard InChI is InChI=1S/C11H15FN2O/c1-3-8(4-2)13-11(15)9-6-5-7-10(12)14-9/h5-8H,3-4H2,1-2H3,(H,13,15). The number of pyridine rings is 1. The van der Waals surface area contributed by atoms with Gasteiger partial charge in [-0.2, -0.15) is 4.39 Å². The van der Waals surface area contributed by atoms with Gasteiger partial charge in [0.15, 0.2) is 0 Å². The predicted octanol–water partition coefficient (Wildman–Crippen LogP) is 2.14. The van der Waals surface area contributed by atoms with Crippen LogP contribution >= 0.6 is 0 Å². The first kappa shape index (κ1) is 11.6. The molecule has 0 fully saturated rings. The second-order valence-electron chi connectivity index (χ2n) is 3.33. The third-order valence-electron chi connectivity index (χ3n) is 2.27. The number of carbonyl (C=O) groups is 1. The minimum atomic E-state index is -0.632. The van der Waals surface area contributed by atoms with Gasteiger partial charge in [-0.1, -0.05) is 19.9 Å². The van der Waals surface area contributed by atoms with Gasteiger partial charge in [0.2, 0.25) is 5.95 Å². The van der Waals surface area contributed by atoms with Crippen LogP contribution in [0.3, 0.4) is 0 Å². The lowest BCUT2D eigenvalue weighted by Gasteiger charge is -2.13. The van der Waals surface area contributed by atoms with Crippen LogP contribution in [0.2, 0.25) is 0 Å². The Labute approximate surface area is 88.7 Å². The molecule has 0 bridgehead atoms. The summed E-state index contributed by atoms with van der Waals surface area (Å²) in [5.41, 5.74) is 0.127. The van der Waals surface area contributed by atoms with Crippen molar-refractivity contribution >= 4 is 5.91 Å². The molecule has 0 saturated carbocycles. The van der Waals surface area contributed by atoms with Crippen LogP contribution in [-0.2, 0) is 0 Å². The van der Waals surface area contributed by atoms with Gasteiger partial charge >= 0.3 is 0 Å². The molecule has 0 aliphatic heterocycles. The van der Waals surface area contributed by atoms with E-state index in [4.69, 9.17) is 0 Å². The highest BCUT2D eigenvalue weighted by atomic mass is 19.1. The molecule has 0 spiro atoms. The van der Waals surface area contributed by atoms with Gasteiger partial charge in [0.05, 0.1) is 0 Å². The number of aromatic nitrogens is 1. The molecule has 0 aliphatic carbocycles. The molecule has 1 N–H and O–H groups in total. The van der Waals surface area contributed by atoms with E-state index in [0.717, 1.165) is 12.8 Å². The number of nitrogens with zero attached hydrogens (tertiary/aromatic N) is 1. The Bertz CT molecular complexity index is 337. The summed E-state index contributed by atoms with van der Waals surface area (Å²) >= 11 is 0. The van der Waals surface area contributed by atoms with Gasteiger partial charge in [-0.15, -0.1) is 0 Å². The SMILES string of the molecule is CCC(CC)NC(=O)c1cccc(F)n1. The number of amides is 1. The van der Waals surface area contributed by atoms with Crippen molar-refractivity contribution in [2.75, 3.05) is 0 Å². The molecular weight excluding hydrogens is 195 g/mol. The number of hydrogen-bond acceptors (Lipinski definition) is 2. The summed E-state index contributed by atoms with van der Waals surface area (Å²) in [5, 5.41) is 2.79. The Morgan fingerprint density at radius 2 is 2.13 bits per heavy atom. The predicted molar refractivity (Wildman–Crippen MR) is 56.0 cm³/mol. The van der Waals surface area contributed by atoms with Crippen LogP contribution in [0.25, 0.3) is 0 Å². The third-order valence-corrected chi connectivity index (χ3v) is 2.27. The highest BCUT2D eigenvalue weighted by Crippen LogP contribution is 2.01. The molecule has 1 amide bonds. The Kier molecular flexibility index (Phi) is 4.21. The van der Waals surface area contributed by atoms with Crippen molar-refractivity contribution in [3.05, 3.63) is 29.8 Å². The quantitative estimate of drug-likeness (QED) is 0.773. The van der Waals surface area contributed by atoms with Gasteiger partial charge in [-0.05, 0) is 25.0 Å². The fourth-order valence-corrected chi connectivity index (χ4v) is 1.29. The minimum absolute atomic E-state index is 0.127. The smallest absolute Gasteiger partial charge is 0.270 e. The van der Waals surface area contributed by atoms with E-state index in [2.05, 4.69) is 10.3 Å². The summed E-state index contributed by atoms with van der Waals surface area (Å²) in [6.45, 7) is 3.99. The number of carbonyl (C=O) groups excluding carboxylic acids is 1. The molecule has 82 valence electrons. The van der Waals surface area contributed by atoms with E-state index in [-0.39, 0.29) is 17.6 Å². The van der Waals surface area contributed by atoms with Gasteiger partial charge in [0.1, 0.15) is 5.69 Å². The van der Waals surface area contributed by atoms with Crippen molar-refractivity contribution in [1.82, 2.24) is 10.3 Å². The fraction of sp³-hybridized carbons (Fsp3) is 0.455. The summed E-state index contributed by atoms with van der Waals surface area (Å²) in [6, 6.07) is 4.32. The summed E-state index contributed by atoms with van der Waals surface area (Å²) in [4.78, 5) is 15.1. The zero-order chi connectivity index (χ0) is 11.3. The van der Waals surface area contributed by atoms with Crippen molar-refractivity contribution in [1.29, 1.82) is 0 Å². The lowest BCUT2D eigenvalue weighted by atomic mass is 10.1. The minimum Gasteiger partial charge on any atom is -0.348 e. The number of hydrogen-bond donors (Lipinski definition) is 1. The second-order valence-corrected chi connectivity index (χ2v) is 3.33. The Morgan fingerprint density at radius 1 is 1.47 bits per heavy atom. The molecule has 3 nitrogen and oxygen atoms in total. The van der Waals surface area contributed by atoms with Crippen molar-refractivity contribution in [2.45, 2.75) is 32.7 Å². The molecule has 0 unspecified atom stereocenters.